The number of carbonyl (C=O) groups is 2. The van der Waals surface area contributed by atoms with Gasteiger partial charge in [-0.25, -0.2) is 0 Å². The van der Waals surface area contributed by atoms with Crippen molar-refractivity contribution in [1.82, 2.24) is 4.90 Å². The van der Waals surface area contributed by atoms with Gasteiger partial charge < -0.3 is 14.1 Å². The highest BCUT2D eigenvalue weighted by Gasteiger charge is 2.39. The van der Waals surface area contributed by atoms with Gasteiger partial charge in [-0.2, -0.15) is 0 Å². The molecule has 1 aromatic carbocycles. The molecular weight excluding hydrogens is 388 g/mol. The molecule has 0 aliphatic carbocycles. The van der Waals surface area contributed by atoms with Gasteiger partial charge in [0.05, 0.1) is 19.1 Å². The average Bonchev–Trinajstić information content (AvgIpc) is 3.25. The van der Waals surface area contributed by atoms with Gasteiger partial charge in [0, 0.05) is 5.02 Å². The predicted octanol–water partition coefficient (Wildman–Crippen LogP) is 3.64. The largest absolute Gasteiger partial charge is 0.468 e. The Morgan fingerprint density at radius 2 is 2.04 bits per heavy atom. The van der Waals surface area contributed by atoms with Crippen LogP contribution in [-0.4, -0.2) is 35.5 Å². The number of benzene rings is 1. The number of nitrogens with zero attached hydrogens (tertiary/aromatic N) is 2. The third-order valence-electron chi connectivity index (χ3n) is 3.79. The summed E-state index contributed by atoms with van der Waals surface area (Å²) < 4.78 is 9.94. The zero-order valence-corrected chi connectivity index (χ0v) is 15.9. The van der Waals surface area contributed by atoms with Crippen LogP contribution in [0.1, 0.15) is 5.76 Å². The monoisotopic (exact) mass is 402 g/mol. The van der Waals surface area contributed by atoms with Crippen LogP contribution in [0.15, 0.2) is 64.9 Å². The summed E-state index contributed by atoms with van der Waals surface area (Å²) >= 11 is 11.4. The molecule has 1 aromatic heterocycles. The molecule has 3 rings (SSSR count). The third kappa shape index (κ3) is 4.10. The maximum absolute atomic E-state index is 13.0. The van der Waals surface area contributed by atoms with Crippen molar-refractivity contribution in [2.45, 2.75) is 0 Å². The number of hydrogen-bond donors (Lipinski definition) is 0. The Balaban J connectivity index is 1.94. The molecule has 27 heavy (non-hydrogen) atoms. The summed E-state index contributed by atoms with van der Waals surface area (Å²) in [6.45, 7) is -0.175. The van der Waals surface area contributed by atoms with E-state index in [2.05, 4.69) is 0 Å². The van der Waals surface area contributed by atoms with Crippen LogP contribution in [0.25, 0.3) is 6.08 Å². The lowest BCUT2D eigenvalue weighted by atomic mass is 10.2. The lowest BCUT2D eigenvalue weighted by molar-refractivity contribution is -0.140. The maximum Gasteiger partial charge on any atom is 0.325 e. The van der Waals surface area contributed by atoms with E-state index in [1.54, 1.807) is 60.9 Å². The smallest absolute Gasteiger partial charge is 0.325 e. The van der Waals surface area contributed by atoms with E-state index >= 15 is 0 Å². The molecule has 0 unspecified atom stereocenters. The molecule has 2 aromatic rings. The fourth-order valence-electron chi connectivity index (χ4n) is 2.49. The summed E-state index contributed by atoms with van der Waals surface area (Å²) in [4.78, 5) is 27.5. The highest BCUT2D eigenvalue weighted by molar-refractivity contribution is 7.80. The molecule has 1 amide bonds. The summed E-state index contributed by atoms with van der Waals surface area (Å²) in [5.41, 5.74) is 0.811. The third-order valence-corrected chi connectivity index (χ3v) is 4.45. The van der Waals surface area contributed by atoms with Gasteiger partial charge in [-0.3, -0.25) is 14.5 Å². The van der Waals surface area contributed by atoms with E-state index in [0.29, 0.717) is 16.5 Å². The van der Waals surface area contributed by atoms with Crippen LogP contribution in [0.3, 0.4) is 0 Å². The SMILES string of the molecule is COC(=O)CN1C(=S)N(c2ccc(Cl)cc2)C(=O)/C1=C/C=C/c1ccco1. The number of amides is 1. The van der Waals surface area contributed by atoms with Crippen molar-refractivity contribution in [3.8, 4) is 0 Å². The molecule has 0 radical (unpaired) electrons. The molecule has 1 saturated heterocycles. The van der Waals surface area contributed by atoms with E-state index in [9.17, 15) is 9.59 Å². The number of furan rings is 1. The molecule has 6 nitrogen and oxygen atoms in total. The minimum atomic E-state index is -0.510. The second-order valence-corrected chi connectivity index (χ2v) is 6.29. The van der Waals surface area contributed by atoms with Gasteiger partial charge in [0.1, 0.15) is 18.0 Å². The van der Waals surface area contributed by atoms with E-state index < -0.39 is 5.97 Å². The number of halogens is 1. The Kier molecular flexibility index (Phi) is 5.73. The fraction of sp³-hybridized carbons (Fsp3) is 0.105. The second kappa shape index (κ2) is 8.20. The van der Waals surface area contributed by atoms with E-state index in [-0.39, 0.29) is 23.3 Å². The molecule has 1 aliphatic rings. The lowest BCUT2D eigenvalue weighted by Gasteiger charge is -2.19. The van der Waals surface area contributed by atoms with Crippen molar-refractivity contribution in [2.24, 2.45) is 0 Å². The fourth-order valence-corrected chi connectivity index (χ4v) is 2.96. The lowest BCUT2D eigenvalue weighted by Crippen LogP contribution is -2.35. The van der Waals surface area contributed by atoms with Crippen LogP contribution in [-0.2, 0) is 14.3 Å². The van der Waals surface area contributed by atoms with Crippen molar-refractivity contribution >= 4 is 52.6 Å². The highest BCUT2D eigenvalue weighted by Crippen LogP contribution is 2.28. The van der Waals surface area contributed by atoms with Crippen molar-refractivity contribution in [2.75, 3.05) is 18.6 Å². The Hall–Kier alpha value is -2.90. The first-order valence-corrected chi connectivity index (χ1v) is 8.70. The number of methoxy groups -OCH3 is 1. The maximum atomic E-state index is 13.0. The molecule has 0 bridgehead atoms. The molecule has 0 saturated carbocycles. The van der Waals surface area contributed by atoms with E-state index in [0.717, 1.165) is 0 Å². The van der Waals surface area contributed by atoms with Gasteiger partial charge >= 0.3 is 5.97 Å². The Bertz CT molecular complexity index is 920. The number of rotatable bonds is 5. The van der Waals surface area contributed by atoms with Gasteiger partial charge in [0.25, 0.3) is 5.91 Å². The molecule has 1 aliphatic heterocycles. The first-order valence-electron chi connectivity index (χ1n) is 7.91. The van der Waals surface area contributed by atoms with Crippen molar-refractivity contribution in [3.63, 3.8) is 0 Å². The summed E-state index contributed by atoms with van der Waals surface area (Å²) in [7, 11) is 1.28. The summed E-state index contributed by atoms with van der Waals surface area (Å²) in [5.74, 6) is -0.228. The Morgan fingerprint density at radius 1 is 1.30 bits per heavy atom. The summed E-state index contributed by atoms with van der Waals surface area (Å²) in [6.07, 6.45) is 6.49. The number of hydrogen-bond acceptors (Lipinski definition) is 5. The topological polar surface area (TPSA) is 63.0 Å². The molecule has 2 heterocycles. The second-order valence-electron chi connectivity index (χ2n) is 5.49. The number of thiocarbonyl (C=S) groups is 1. The Labute approximate surface area is 166 Å². The first-order chi connectivity index (χ1) is 13.0. The number of ether oxygens (including phenoxy) is 1. The van der Waals surface area contributed by atoms with Crippen LogP contribution < -0.4 is 4.90 Å². The van der Waals surface area contributed by atoms with Gasteiger partial charge in [-0.15, -0.1) is 0 Å². The summed E-state index contributed by atoms with van der Waals surface area (Å²) in [6, 6.07) is 10.2. The van der Waals surface area contributed by atoms with Crippen molar-refractivity contribution < 1.29 is 18.7 Å². The normalized spacial score (nSPS) is 16.0. The number of esters is 1. The minimum Gasteiger partial charge on any atom is -0.468 e. The predicted molar refractivity (Wildman–Crippen MR) is 106 cm³/mol. The van der Waals surface area contributed by atoms with Gasteiger partial charge in [0.15, 0.2) is 5.11 Å². The van der Waals surface area contributed by atoms with Crippen LogP contribution in [0.5, 0.6) is 0 Å². The van der Waals surface area contributed by atoms with Crippen LogP contribution in [0.4, 0.5) is 5.69 Å². The molecular formula is C19H15ClN2O4S. The van der Waals surface area contributed by atoms with Crippen molar-refractivity contribution in [3.05, 3.63) is 71.3 Å². The van der Waals surface area contributed by atoms with E-state index in [4.69, 9.17) is 33.0 Å². The molecule has 0 spiro atoms. The van der Waals surface area contributed by atoms with Crippen molar-refractivity contribution in [1.29, 1.82) is 0 Å². The molecule has 8 heteroatoms. The average molecular weight is 403 g/mol. The molecule has 0 N–H and O–H groups in total. The van der Waals surface area contributed by atoms with Crippen LogP contribution in [0, 0.1) is 0 Å². The number of allylic oxidation sites excluding steroid dienone is 2. The first kappa shape index (κ1) is 18.9. The number of carbonyl (C=O) groups excluding carboxylic acids is 2. The van der Waals surface area contributed by atoms with Gasteiger partial charge in [0.2, 0.25) is 0 Å². The van der Waals surface area contributed by atoms with Crippen LogP contribution in [0.2, 0.25) is 5.02 Å². The zero-order valence-electron chi connectivity index (χ0n) is 14.3. The van der Waals surface area contributed by atoms with Crippen LogP contribution >= 0.6 is 23.8 Å². The van der Waals surface area contributed by atoms with Gasteiger partial charge in [-0.1, -0.05) is 17.7 Å². The quantitative estimate of drug-likeness (QED) is 0.432. The number of anilines is 1. The minimum absolute atomic E-state index is 0.175. The summed E-state index contributed by atoms with van der Waals surface area (Å²) in [5, 5.41) is 0.727. The Morgan fingerprint density at radius 3 is 2.67 bits per heavy atom. The van der Waals surface area contributed by atoms with Gasteiger partial charge in [-0.05, 0) is 60.8 Å². The van der Waals surface area contributed by atoms with E-state index in [1.807, 2.05) is 0 Å². The molecule has 1 fully saturated rings. The highest BCUT2D eigenvalue weighted by atomic mass is 35.5. The van der Waals surface area contributed by atoms with E-state index in [1.165, 1.54) is 16.9 Å². The molecule has 138 valence electrons. The standard InChI is InChI=1S/C19H15ClN2O4S/c1-25-17(23)12-21-16(6-2-4-15-5-3-11-26-15)18(24)22(19(21)27)14-9-7-13(20)8-10-14/h2-11H,12H2,1H3/b4-2+,16-6-. The zero-order chi connectivity index (χ0) is 19.4. The molecule has 0 atom stereocenters.